The first-order valence-electron chi connectivity index (χ1n) is 7.27. The van der Waals surface area contributed by atoms with Crippen molar-refractivity contribution in [3.63, 3.8) is 0 Å². The van der Waals surface area contributed by atoms with Crippen molar-refractivity contribution in [1.82, 2.24) is 4.90 Å². The Bertz CT molecular complexity index is 205. The monoisotopic (exact) mass is 224 g/mol. The molecule has 1 aliphatic heterocycles. The highest BCUT2D eigenvalue weighted by Gasteiger charge is 2.25. The summed E-state index contributed by atoms with van der Waals surface area (Å²) in [7, 11) is 0. The molecule has 0 spiro atoms. The Kier molecular flexibility index (Phi) is 4.66. The second-order valence-corrected chi connectivity index (χ2v) is 5.88. The van der Waals surface area contributed by atoms with E-state index in [4.69, 9.17) is 5.73 Å². The van der Waals surface area contributed by atoms with Crippen molar-refractivity contribution in [2.75, 3.05) is 13.1 Å². The minimum Gasteiger partial charge on any atom is -0.327 e. The summed E-state index contributed by atoms with van der Waals surface area (Å²) >= 11 is 0. The molecule has 3 atom stereocenters. The van der Waals surface area contributed by atoms with Gasteiger partial charge in [-0.3, -0.25) is 0 Å². The fraction of sp³-hybridized carbons (Fsp3) is 1.00. The summed E-state index contributed by atoms with van der Waals surface area (Å²) < 4.78 is 0. The Balaban J connectivity index is 1.75. The van der Waals surface area contributed by atoms with E-state index in [2.05, 4.69) is 11.8 Å². The lowest BCUT2D eigenvalue weighted by molar-refractivity contribution is 0.195. The van der Waals surface area contributed by atoms with Crippen molar-refractivity contribution < 1.29 is 0 Å². The number of nitrogens with zero attached hydrogens (tertiary/aromatic N) is 1. The lowest BCUT2D eigenvalue weighted by Gasteiger charge is -2.28. The van der Waals surface area contributed by atoms with E-state index < -0.39 is 0 Å². The maximum atomic E-state index is 6.14. The summed E-state index contributed by atoms with van der Waals surface area (Å²) in [5, 5.41) is 0. The van der Waals surface area contributed by atoms with Crippen LogP contribution in [0.15, 0.2) is 0 Å². The van der Waals surface area contributed by atoms with Crippen LogP contribution in [-0.4, -0.2) is 30.1 Å². The van der Waals surface area contributed by atoms with Gasteiger partial charge in [0.05, 0.1) is 0 Å². The van der Waals surface area contributed by atoms with Crippen LogP contribution < -0.4 is 5.73 Å². The highest BCUT2D eigenvalue weighted by Crippen LogP contribution is 2.27. The van der Waals surface area contributed by atoms with Gasteiger partial charge in [0.25, 0.3) is 0 Å². The first kappa shape index (κ1) is 12.4. The molecule has 1 aliphatic carbocycles. The maximum absolute atomic E-state index is 6.14. The van der Waals surface area contributed by atoms with Gasteiger partial charge in [-0.25, -0.2) is 0 Å². The number of likely N-dealkylation sites (tertiary alicyclic amines) is 1. The number of hydrogen-bond acceptors (Lipinski definition) is 2. The average molecular weight is 224 g/mol. The van der Waals surface area contributed by atoms with E-state index in [1.165, 1.54) is 64.5 Å². The van der Waals surface area contributed by atoms with Crippen LogP contribution in [-0.2, 0) is 0 Å². The molecular weight excluding hydrogens is 196 g/mol. The second-order valence-electron chi connectivity index (χ2n) is 5.88. The van der Waals surface area contributed by atoms with Gasteiger partial charge in [-0.05, 0) is 58.0 Å². The van der Waals surface area contributed by atoms with Crippen LogP contribution in [0.3, 0.4) is 0 Å². The zero-order valence-electron chi connectivity index (χ0n) is 10.8. The molecular formula is C14H28N2. The smallest absolute Gasteiger partial charge is 0.00676 e. The van der Waals surface area contributed by atoms with Gasteiger partial charge in [-0.1, -0.05) is 19.3 Å². The summed E-state index contributed by atoms with van der Waals surface area (Å²) in [5.41, 5.74) is 6.14. The maximum Gasteiger partial charge on any atom is 0.00676 e. The molecule has 2 heteroatoms. The molecule has 2 N–H and O–H groups in total. The van der Waals surface area contributed by atoms with Crippen LogP contribution in [0.25, 0.3) is 0 Å². The standard InChI is InChI=1S/C14H28N2/c1-12-6-3-2-4-10-16(12)11-9-13-7-5-8-14(13)15/h12-14H,2-11,15H2,1H3. The predicted octanol–water partition coefficient (Wildman–Crippen LogP) is 2.77. The van der Waals surface area contributed by atoms with Crippen molar-refractivity contribution >= 4 is 0 Å². The van der Waals surface area contributed by atoms with Gasteiger partial charge in [0.2, 0.25) is 0 Å². The van der Waals surface area contributed by atoms with Crippen molar-refractivity contribution in [2.45, 2.75) is 70.4 Å². The summed E-state index contributed by atoms with van der Waals surface area (Å²) in [6, 6.07) is 1.31. The molecule has 3 unspecified atom stereocenters. The number of nitrogens with two attached hydrogens (primary N) is 1. The summed E-state index contributed by atoms with van der Waals surface area (Å²) in [6.45, 7) is 5.02. The molecule has 0 amide bonds. The van der Waals surface area contributed by atoms with Crippen molar-refractivity contribution in [1.29, 1.82) is 0 Å². The van der Waals surface area contributed by atoms with Crippen LogP contribution in [0, 0.1) is 5.92 Å². The molecule has 2 aliphatic rings. The van der Waals surface area contributed by atoms with E-state index in [9.17, 15) is 0 Å². The molecule has 0 aromatic carbocycles. The fourth-order valence-corrected chi connectivity index (χ4v) is 3.42. The molecule has 0 aromatic rings. The highest BCUT2D eigenvalue weighted by atomic mass is 15.1. The minimum atomic E-state index is 0.502. The van der Waals surface area contributed by atoms with Gasteiger partial charge in [-0.15, -0.1) is 0 Å². The van der Waals surface area contributed by atoms with E-state index in [0.29, 0.717) is 6.04 Å². The van der Waals surface area contributed by atoms with Crippen LogP contribution in [0.2, 0.25) is 0 Å². The van der Waals surface area contributed by atoms with E-state index in [0.717, 1.165) is 12.0 Å². The molecule has 0 bridgehead atoms. The Hall–Kier alpha value is -0.0800. The minimum absolute atomic E-state index is 0.502. The van der Waals surface area contributed by atoms with Crippen LogP contribution in [0.4, 0.5) is 0 Å². The molecule has 2 fully saturated rings. The van der Waals surface area contributed by atoms with Crippen LogP contribution >= 0.6 is 0 Å². The molecule has 1 saturated carbocycles. The van der Waals surface area contributed by atoms with Gasteiger partial charge in [0, 0.05) is 12.1 Å². The summed E-state index contributed by atoms with van der Waals surface area (Å²) in [4.78, 5) is 2.71. The predicted molar refractivity (Wildman–Crippen MR) is 69.4 cm³/mol. The normalized spacial score (nSPS) is 37.5. The second kappa shape index (κ2) is 6.02. The van der Waals surface area contributed by atoms with Crippen molar-refractivity contribution in [2.24, 2.45) is 11.7 Å². The van der Waals surface area contributed by atoms with Gasteiger partial charge in [0.1, 0.15) is 0 Å². The zero-order chi connectivity index (χ0) is 11.4. The molecule has 0 aromatic heterocycles. The molecule has 0 radical (unpaired) electrons. The van der Waals surface area contributed by atoms with E-state index >= 15 is 0 Å². The van der Waals surface area contributed by atoms with Crippen molar-refractivity contribution in [3.05, 3.63) is 0 Å². The van der Waals surface area contributed by atoms with E-state index in [1.807, 2.05) is 0 Å². The highest BCUT2D eigenvalue weighted by molar-refractivity contribution is 4.82. The third kappa shape index (κ3) is 3.21. The fourth-order valence-electron chi connectivity index (χ4n) is 3.42. The molecule has 2 nitrogen and oxygen atoms in total. The first-order chi connectivity index (χ1) is 7.77. The third-order valence-electron chi connectivity index (χ3n) is 4.70. The lowest BCUT2D eigenvalue weighted by Crippen LogP contribution is -2.36. The zero-order valence-corrected chi connectivity index (χ0v) is 10.8. The first-order valence-corrected chi connectivity index (χ1v) is 7.27. The summed E-state index contributed by atoms with van der Waals surface area (Å²) in [6.07, 6.45) is 11.0. The van der Waals surface area contributed by atoms with Gasteiger partial charge in [0.15, 0.2) is 0 Å². The SMILES string of the molecule is CC1CCCCCN1CCC1CCCC1N. The Labute approximate surface area is 101 Å². The van der Waals surface area contributed by atoms with E-state index in [1.54, 1.807) is 0 Å². The van der Waals surface area contributed by atoms with Crippen LogP contribution in [0.5, 0.6) is 0 Å². The molecule has 1 heterocycles. The Morgan fingerprint density at radius 3 is 2.69 bits per heavy atom. The molecule has 1 saturated heterocycles. The average Bonchev–Trinajstić information content (AvgIpc) is 2.56. The van der Waals surface area contributed by atoms with Gasteiger partial charge < -0.3 is 10.6 Å². The van der Waals surface area contributed by atoms with E-state index in [-0.39, 0.29) is 0 Å². The quantitative estimate of drug-likeness (QED) is 0.798. The van der Waals surface area contributed by atoms with Gasteiger partial charge >= 0.3 is 0 Å². The molecule has 16 heavy (non-hydrogen) atoms. The van der Waals surface area contributed by atoms with Gasteiger partial charge in [-0.2, -0.15) is 0 Å². The number of hydrogen-bond donors (Lipinski definition) is 1. The molecule has 94 valence electrons. The summed E-state index contributed by atoms with van der Waals surface area (Å²) in [5.74, 6) is 0.815. The topological polar surface area (TPSA) is 29.3 Å². The number of rotatable bonds is 3. The van der Waals surface area contributed by atoms with Crippen LogP contribution in [0.1, 0.15) is 58.3 Å². The third-order valence-corrected chi connectivity index (χ3v) is 4.70. The Morgan fingerprint density at radius 1 is 1.06 bits per heavy atom. The largest absolute Gasteiger partial charge is 0.327 e. The Morgan fingerprint density at radius 2 is 1.94 bits per heavy atom. The van der Waals surface area contributed by atoms with Crippen molar-refractivity contribution in [3.8, 4) is 0 Å². The lowest BCUT2D eigenvalue weighted by atomic mass is 9.99. The molecule has 2 rings (SSSR count).